The Labute approximate surface area is 394 Å². The molecule has 0 spiro atoms. The third-order valence-electron chi connectivity index (χ3n) is 11.8. The summed E-state index contributed by atoms with van der Waals surface area (Å²) in [6.07, 6.45) is 13.1. The number of fused-ring (bicyclic) bond motifs is 1. The molecule has 1 fully saturated rings. The van der Waals surface area contributed by atoms with E-state index in [-0.39, 0.29) is 23.7 Å². The minimum Gasteiger partial charge on any atom is -0.254 e. The summed E-state index contributed by atoms with van der Waals surface area (Å²) in [5.41, 5.74) is 8.20. The molecule has 0 saturated carbocycles. The third kappa shape index (κ3) is 8.82. The molecule has 5 aromatic rings. The number of carbonyl (C=O) groups excluding carboxylic acids is 2. The van der Waals surface area contributed by atoms with Crippen LogP contribution in [0.4, 0.5) is 0 Å². The fourth-order valence-electron chi connectivity index (χ4n) is 9.10. The Morgan fingerprint density at radius 2 is 1.20 bits per heavy atom. The summed E-state index contributed by atoms with van der Waals surface area (Å²) in [6, 6.07) is 40.5. The molecule has 0 unspecified atom stereocenters. The summed E-state index contributed by atoms with van der Waals surface area (Å²) in [6.45, 7) is 14.4. The smallest absolute Gasteiger partial charge is 0.254 e. The van der Waals surface area contributed by atoms with E-state index in [0.717, 1.165) is 34.0 Å². The van der Waals surface area contributed by atoms with E-state index in [2.05, 4.69) is 148 Å². The minimum atomic E-state index is -2.61. The van der Waals surface area contributed by atoms with Gasteiger partial charge < -0.3 is 0 Å². The van der Waals surface area contributed by atoms with E-state index >= 15 is 0 Å². The predicted octanol–water partition coefficient (Wildman–Crippen LogP) is 10.1. The van der Waals surface area contributed by atoms with Crippen LogP contribution in [0.25, 0.3) is 23.0 Å². The van der Waals surface area contributed by atoms with Gasteiger partial charge in [-0.2, -0.15) is 0 Å². The first-order valence-electron chi connectivity index (χ1n) is 22.4. The van der Waals surface area contributed by atoms with Gasteiger partial charge in [-0.15, -0.1) is 0 Å². The normalized spacial score (nSPS) is 17.2. The van der Waals surface area contributed by atoms with Crippen LogP contribution in [0.1, 0.15) is 70.5 Å². The molecule has 3 aliphatic heterocycles. The van der Waals surface area contributed by atoms with Gasteiger partial charge in [0.25, 0.3) is 0 Å². The van der Waals surface area contributed by atoms with Gasteiger partial charge in [0.05, 0.1) is 0 Å². The topological polar surface area (TPSA) is 75.6 Å². The van der Waals surface area contributed by atoms with Gasteiger partial charge in [0.1, 0.15) is 0 Å². The molecule has 0 atom stereocenters. The predicted molar refractivity (Wildman–Crippen MR) is 263 cm³/mol. The van der Waals surface area contributed by atoms with Crippen LogP contribution in [0.5, 0.6) is 0 Å². The summed E-state index contributed by atoms with van der Waals surface area (Å²) < 4.78 is 9.96. The second-order valence-corrected chi connectivity index (χ2v) is 21.3. The zero-order valence-corrected chi connectivity index (χ0v) is 41.4. The molecule has 3 aliphatic rings. The standard InChI is InChI=1S/C56H55N4O3P.Os/c1-8-19-41-27-29-49(57-32-41)53-51-52(56(62)59(53)34-38(3)4)54(60(55(51)61)35-39(5)6)50-30-28-42(33-58-50)48(31-44-37-63-36-43(44)20-9-2)40(7)64(45-21-13-10-14-22-45,46-23-15-11-16-24-46)47-25-17-12-18-26-47;/h8,10-33,38-39H,9,34-37H2,1-6H3;/q+1;/b19-8+,43-20?,44-31?,48-40?;. The Morgan fingerprint density at radius 3 is 1.62 bits per heavy atom. The molecule has 0 N–H and O–H groups in total. The minimum absolute atomic E-state index is 0.127. The summed E-state index contributed by atoms with van der Waals surface area (Å²) >= 11 is 1.75. The Morgan fingerprint density at radius 1 is 0.708 bits per heavy atom. The Kier molecular flexibility index (Phi) is 14.1. The summed E-state index contributed by atoms with van der Waals surface area (Å²) in [5.74, 6) is -0.128. The fourth-order valence-corrected chi connectivity index (χ4v) is 14.9. The van der Waals surface area contributed by atoms with Crippen LogP contribution >= 0.6 is 7.26 Å². The van der Waals surface area contributed by atoms with Crippen LogP contribution in [0.15, 0.2) is 173 Å². The molecule has 8 rings (SSSR count). The zero-order valence-electron chi connectivity index (χ0n) is 37.9. The Hall–Kier alpha value is -5.85. The maximum absolute atomic E-state index is 14.9. The van der Waals surface area contributed by atoms with E-state index in [1.54, 1.807) is 33.9 Å². The van der Waals surface area contributed by atoms with Crippen LogP contribution in [0, 0.1) is 16.2 Å². The molecule has 5 heterocycles. The first kappa shape index (κ1) is 45.7. The molecular formula is C56H55N4O3OsP+. The quantitative estimate of drug-likeness (QED) is 0.104. The number of aromatic nitrogens is 2. The number of benzene rings is 3. The van der Waals surface area contributed by atoms with Gasteiger partial charge in [-0.25, -0.2) is 0 Å². The monoisotopic (exact) mass is 1050 g/mol. The van der Waals surface area contributed by atoms with Crippen molar-refractivity contribution < 1.29 is 32.3 Å². The van der Waals surface area contributed by atoms with Crippen LogP contribution in [0.2, 0.25) is 0 Å². The molecule has 329 valence electrons. The van der Waals surface area contributed by atoms with Gasteiger partial charge in [0, 0.05) is 6.20 Å². The van der Waals surface area contributed by atoms with Gasteiger partial charge in [-0.05, 0) is 24.5 Å². The summed E-state index contributed by atoms with van der Waals surface area (Å²) in [7, 11) is -2.61. The average Bonchev–Trinajstić information content (AvgIpc) is 3.97. The molecule has 2 amide bonds. The van der Waals surface area contributed by atoms with Crippen molar-refractivity contribution in [2.75, 3.05) is 26.3 Å². The first-order valence-corrected chi connectivity index (χ1v) is 25.5. The molecular weight excluding hydrogens is 998 g/mol. The van der Waals surface area contributed by atoms with Crippen molar-refractivity contribution in [3.63, 3.8) is 0 Å². The van der Waals surface area contributed by atoms with Crippen molar-refractivity contribution in [1.82, 2.24) is 19.8 Å². The van der Waals surface area contributed by atoms with Gasteiger partial charge in [0.2, 0.25) is 0 Å². The number of carbonyl (C=O) groups is 2. The molecule has 1 saturated heterocycles. The number of amides is 2. The SMILES string of the molecule is C/C=C/c1ccc(C2=C3C(=O)N(CC(C)C)C(c4ccc(C(C=C5COCC5=CCC)=C([C]#[Os])[P+](c5ccccc5)(c5ccccc5)c5ccccc5)cn4)=C3C(=O)N2CC(C)C)nc1. The number of hydrogen-bond acceptors (Lipinski definition) is 5. The zero-order chi connectivity index (χ0) is 45.7. The van der Waals surface area contributed by atoms with Crippen molar-refractivity contribution >= 4 is 58.0 Å². The molecule has 9 heteroatoms. The summed E-state index contributed by atoms with van der Waals surface area (Å²) in [5, 5.41) is 4.73. The second kappa shape index (κ2) is 20.1. The number of hydrogen-bond donors (Lipinski definition) is 0. The molecule has 0 radical (unpaired) electrons. The van der Waals surface area contributed by atoms with Crippen molar-refractivity contribution in [1.29, 1.82) is 0 Å². The van der Waals surface area contributed by atoms with E-state index in [1.165, 1.54) is 21.5 Å². The van der Waals surface area contributed by atoms with E-state index in [0.29, 0.717) is 60.2 Å². The Balaban J connectivity index is 1.39. The van der Waals surface area contributed by atoms with Crippen LogP contribution in [-0.4, -0.2) is 57.9 Å². The summed E-state index contributed by atoms with van der Waals surface area (Å²) in [4.78, 5) is 43.3. The number of allylic oxidation sites excluding steroid dienone is 5. The van der Waals surface area contributed by atoms with Gasteiger partial charge in [-0.1, -0.05) is 32.1 Å². The molecule has 3 aromatic carbocycles. The van der Waals surface area contributed by atoms with Crippen molar-refractivity contribution in [2.45, 2.75) is 48.0 Å². The van der Waals surface area contributed by atoms with Crippen molar-refractivity contribution in [3.8, 4) is 4.37 Å². The van der Waals surface area contributed by atoms with E-state index in [4.69, 9.17) is 14.7 Å². The van der Waals surface area contributed by atoms with E-state index in [1.807, 2.05) is 43.5 Å². The molecule has 0 bridgehead atoms. The van der Waals surface area contributed by atoms with Crippen LogP contribution < -0.4 is 15.9 Å². The van der Waals surface area contributed by atoms with E-state index < -0.39 is 7.26 Å². The third-order valence-corrected chi connectivity index (χ3v) is 17.2. The molecule has 65 heavy (non-hydrogen) atoms. The molecule has 7 nitrogen and oxygen atoms in total. The number of nitrogens with zero attached hydrogens (tertiary/aromatic N) is 4. The molecule has 0 aliphatic carbocycles. The van der Waals surface area contributed by atoms with Crippen molar-refractivity contribution in [3.05, 3.63) is 196 Å². The number of ether oxygens (including phenoxy) is 1. The van der Waals surface area contributed by atoms with Gasteiger partial charge in [0.15, 0.2) is 0 Å². The first-order chi connectivity index (χ1) is 31.6. The Bertz CT molecular complexity index is 2720. The van der Waals surface area contributed by atoms with Gasteiger partial charge in [-0.3, -0.25) is 4.98 Å². The number of rotatable bonds is 14. The molecule has 2 aromatic heterocycles. The number of pyridine rings is 2. The van der Waals surface area contributed by atoms with Crippen LogP contribution in [-0.2, 0) is 32.3 Å². The van der Waals surface area contributed by atoms with E-state index in [9.17, 15) is 9.59 Å². The average molecular weight is 1050 g/mol. The fraction of sp³-hybridized carbons (Fsp3) is 0.232. The second-order valence-electron chi connectivity index (χ2n) is 17.3. The van der Waals surface area contributed by atoms with Gasteiger partial charge >= 0.3 is 329 Å². The maximum atomic E-state index is 14.9. The van der Waals surface area contributed by atoms with Crippen LogP contribution in [0.3, 0.4) is 0 Å². The van der Waals surface area contributed by atoms with Crippen molar-refractivity contribution in [2.24, 2.45) is 11.8 Å².